The summed E-state index contributed by atoms with van der Waals surface area (Å²) in [6, 6.07) is 4.35. The first-order chi connectivity index (χ1) is 20.2. The number of nitrogens with zero attached hydrogens (tertiary/aromatic N) is 5. The number of nitrogens with one attached hydrogen (secondary N) is 1. The van der Waals surface area contributed by atoms with Gasteiger partial charge in [0, 0.05) is 41.7 Å². The maximum atomic E-state index is 16.5. The molecular formula is C29H30ClF2N7O2S. The van der Waals surface area contributed by atoms with Crippen LogP contribution in [-0.4, -0.2) is 76.0 Å². The Balaban J connectivity index is 1.45. The predicted molar refractivity (Wildman–Crippen MR) is 162 cm³/mol. The van der Waals surface area contributed by atoms with Crippen LogP contribution in [0.1, 0.15) is 25.7 Å². The molecule has 13 heteroatoms. The van der Waals surface area contributed by atoms with Crippen molar-refractivity contribution in [2.24, 2.45) is 0 Å². The average molecular weight is 614 g/mol. The number of nitrogens with two attached hydrogens (primary N) is 1. The Hall–Kier alpha value is -3.61. The molecule has 3 N–H and O–H groups in total. The van der Waals surface area contributed by atoms with E-state index in [4.69, 9.17) is 22.1 Å². The van der Waals surface area contributed by atoms with Crippen LogP contribution in [-0.2, 0) is 4.79 Å². The van der Waals surface area contributed by atoms with Crippen molar-refractivity contribution in [2.45, 2.75) is 37.8 Å². The minimum absolute atomic E-state index is 0.00261. The smallest absolute Gasteiger partial charge is 0.319 e. The summed E-state index contributed by atoms with van der Waals surface area (Å²) in [6.45, 7) is 5.99. The number of likely N-dealkylation sites (tertiary alicyclic amines) is 2. The van der Waals surface area contributed by atoms with E-state index in [-0.39, 0.29) is 55.5 Å². The second kappa shape index (κ2) is 11.6. The maximum absolute atomic E-state index is 16.5. The number of halogens is 3. The van der Waals surface area contributed by atoms with E-state index in [1.54, 1.807) is 11.0 Å². The molecule has 0 bridgehead atoms. The van der Waals surface area contributed by atoms with Gasteiger partial charge in [-0.15, -0.1) is 0 Å². The van der Waals surface area contributed by atoms with Gasteiger partial charge in [-0.3, -0.25) is 4.79 Å². The Morgan fingerprint density at radius 1 is 1.24 bits per heavy atom. The standard InChI is InChI=1S/C29H30ClF2N7O2S/c1-3-21(40)39-11-4-6-15(13-39)34-27-18-12-19(30)22(17-8-9-20(31)26-25(17)35-28(33)42-26)23(32)24(18)36-29(37-27)41-14-16-7-5-10-38(16)2/h3,8-9,12,15-16H,1,4-7,10-11,13-14H2,2H3,(H2,33,35)(H,34,36,37)/t15?,16-/m0/s1. The largest absolute Gasteiger partial charge is 0.462 e. The number of aromatic nitrogens is 3. The second-order valence-corrected chi connectivity index (χ2v) is 12.1. The highest BCUT2D eigenvalue weighted by Crippen LogP contribution is 2.42. The first kappa shape index (κ1) is 28.5. The van der Waals surface area contributed by atoms with Crippen LogP contribution in [0.5, 0.6) is 6.01 Å². The molecule has 4 heterocycles. The fourth-order valence-corrected chi connectivity index (χ4v) is 6.83. The number of anilines is 2. The fraction of sp³-hybridized carbons (Fsp3) is 0.379. The molecule has 42 heavy (non-hydrogen) atoms. The quantitative estimate of drug-likeness (QED) is 0.264. The summed E-state index contributed by atoms with van der Waals surface area (Å²) >= 11 is 7.70. The molecule has 0 spiro atoms. The van der Waals surface area contributed by atoms with Gasteiger partial charge in [-0.2, -0.15) is 9.97 Å². The number of ether oxygens (including phenoxy) is 1. The van der Waals surface area contributed by atoms with E-state index in [0.717, 1.165) is 43.6 Å². The van der Waals surface area contributed by atoms with Gasteiger partial charge in [0.25, 0.3) is 0 Å². The average Bonchev–Trinajstić information content (AvgIpc) is 3.58. The van der Waals surface area contributed by atoms with Crippen molar-refractivity contribution < 1.29 is 18.3 Å². The number of rotatable bonds is 7. The lowest BCUT2D eigenvalue weighted by Crippen LogP contribution is -2.44. The minimum Gasteiger partial charge on any atom is -0.462 e. The number of benzene rings is 2. The van der Waals surface area contributed by atoms with E-state index in [9.17, 15) is 9.18 Å². The van der Waals surface area contributed by atoms with Crippen LogP contribution in [0.3, 0.4) is 0 Å². The minimum atomic E-state index is -0.711. The molecule has 2 aliphatic heterocycles. The van der Waals surface area contributed by atoms with Crippen molar-refractivity contribution in [3.8, 4) is 17.1 Å². The number of hydrogen-bond acceptors (Lipinski definition) is 9. The lowest BCUT2D eigenvalue weighted by Gasteiger charge is -2.33. The van der Waals surface area contributed by atoms with Gasteiger partial charge < -0.3 is 25.6 Å². The number of hydrogen-bond donors (Lipinski definition) is 2. The van der Waals surface area contributed by atoms with E-state index in [2.05, 4.69) is 31.7 Å². The number of thiazole rings is 1. The van der Waals surface area contributed by atoms with Crippen molar-refractivity contribution >= 4 is 60.9 Å². The van der Waals surface area contributed by atoms with Crippen LogP contribution in [0.15, 0.2) is 30.9 Å². The molecule has 9 nitrogen and oxygen atoms in total. The van der Waals surface area contributed by atoms with Crippen LogP contribution in [0, 0.1) is 11.6 Å². The number of carbonyl (C=O) groups is 1. The van der Waals surface area contributed by atoms with Gasteiger partial charge in [0.1, 0.15) is 23.8 Å². The molecule has 0 saturated carbocycles. The Bertz CT molecular complexity index is 1700. The van der Waals surface area contributed by atoms with Gasteiger partial charge in [0.2, 0.25) is 5.91 Å². The van der Waals surface area contributed by atoms with E-state index in [1.165, 1.54) is 18.2 Å². The van der Waals surface area contributed by atoms with Crippen molar-refractivity contribution in [3.63, 3.8) is 0 Å². The summed E-state index contributed by atoms with van der Waals surface area (Å²) in [5.74, 6) is -1.01. The van der Waals surface area contributed by atoms with Gasteiger partial charge in [-0.1, -0.05) is 29.5 Å². The Labute approximate surface area is 250 Å². The summed E-state index contributed by atoms with van der Waals surface area (Å²) in [5, 5.41) is 3.99. The zero-order valence-corrected chi connectivity index (χ0v) is 24.6. The summed E-state index contributed by atoms with van der Waals surface area (Å²) in [6.07, 6.45) is 4.92. The van der Waals surface area contributed by atoms with Crippen molar-refractivity contribution in [1.82, 2.24) is 24.8 Å². The molecular weight excluding hydrogens is 584 g/mol. The third-order valence-corrected chi connectivity index (χ3v) is 9.16. The molecule has 6 rings (SSSR count). The molecule has 1 amide bonds. The molecule has 2 aliphatic rings. The monoisotopic (exact) mass is 613 g/mol. The van der Waals surface area contributed by atoms with Gasteiger partial charge >= 0.3 is 6.01 Å². The fourth-order valence-electron chi connectivity index (χ4n) is 5.77. The van der Waals surface area contributed by atoms with Gasteiger partial charge in [-0.05, 0) is 63.6 Å². The number of piperidine rings is 1. The Morgan fingerprint density at radius 2 is 2.05 bits per heavy atom. The zero-order chi connectivity index (χ0) is 29.5. The van der Waals surface area contributed by atoms with Crippen molar-refractivity contribution in [3.05, 3.63) is 47.5 Å². The predicted octanol–water partition coefficient (Wildman–Crippen LogP) is 5.48. The summed E-state index contributed by atoms with van der Waals surface area (Å²) in [7, 11) is 2.04. The lowest BCUT2D eigenvalue weighted by atomic mass is 10.0. The number of nitrogen functional groups attached to an aromatic ring is 1. The molecule has 2 saturated heterocycles. The molecule has 2 aromatic heterocycles. The highest BCUT2D eigenvalue weighted by Gasteiger charge is 2.27. The van der Waals surface area contributed by atoms with E-state index in [1.807, 2.05) is 7.05 Å². The third-order valence-electron chi connectivity index (χ3n) is 7.97. The maximum Gasteiger partial charge on any atom is 0.319 e. The normalized spacial score (nSPS) is 19.5. The number of likely N-dealkylation sites (N-methyl/N-ethyl adjacent to an activating group) is 1. The summed E-state index contributed by atoms with van der Waals surface area (Å²) in [4.78, 5) is 29.6. The molecule has 220 valence electrons. The highest BCUT2D eigenvalue weighted by molar-refractivity contribution is 7.22. The first-order valence-corrected chi connectivity index (χ1v) is 15.0. The molecule has 1 unspecified atom stereocenters. The highest BCUT2D eigenvalue weighted by atomic mass is 35.5. The van der Waals surface area contributed by atoms with Crippen molar-refractivity contribution in [2.75, 3.05) is 44.3 Å². The molecule has 2 fully saturated rings. The SMILES string of the molecule is C=CC(=O)N1CCCC(Nc2nc(OC[C@@H]3CCCN3C)nc3c(F)c(-c4ccc(F)c5sc(N)nc45)c(Cl)cc23)C1. The Kier molecular flexibility index (Phi) is 7.86. The van der Waals surface area contributed by atoms with Gasteiger partial charge in [-0.25, -0.2) is 13.8 Å². The van der Waals surface area contributed by atoms with Crippen LogP contribution in [0.2, 0.25) is 5.02 Å². The number of amides is 1. The van der Waals surface area contributed by atoms with Crippen molar-refractivity contribution in [1.29, 1.82) is 0 Å². The van der Waals surface area contributed by atoms with Crippen LogP contribution >= 0.6 is 22.9 Å². The van der Waals surface area contributed by atoms with Crippen LogP contribution in [0.25, 0.3) is 32.2 Å². The molecule has 4 aromatic rings. The lowest BCUT2D eigenvalue weighted by molar-refractivity contribution is -0.127. The second-order valence-electron chi connectivity index (χ2n) is 10.7. The van der Waals surface area contributed by atoms with Gasteiger partial charge in [0.05, 0.1) is 15.2 Å². The van der Waals surface area contributed by atoms with Gasteiger partial charge in [0.15, 0.2) is 10.9 Å². The summed E-state index contributed by atoms with van der Waals surface area (Å²) in [5.41, 5.74) is 6.43. The molecule has 2 aromatic carbocycles. The zero-order valence-electron chi connectivity index (χ0n) is 23.0. The molecule has 0 aliphatic carbocycles. The number of fused-ring (bicyclic) bond motifs is 2. The third kappa shape index (κ3) is 5.34. The summed E-state index contributed by atoms with van der Waals surface area (Å²) < 4.78 is 37.3. The van der Waals surface area contributed by atoms with E-state index in [0.29, 0.717) is 36.5 Å². The topological polar surface area (TPSA) is 110 Å². The number of carbonyl (C=O) groups excluding carboxylic acids is 1. The molecule has 0 radical (unpaired) electrons. The first-order valence-electron chi connectivity index (χ1n) is 13.8. The van der Waals surface area contributed by atoms with Crippen LogP contribution in [0.4, 0.5) is 19.7 Å². The van der Waals surface area contributed by atoms with Crippen LogP contribution < -0.4 is 15.8 Å². The van der Waals surface area contributed by atoms with E-state index < -0.39 is 11.6 Å². The van der Waals surface area contributed by atoms with E-state index >= 15 is 4.39 Å². The molecule has 2 atom stereocenters. The Morgan fingerprint density at radius 3 is 2.81 bits per heavy atom.